The number of halogens is 1. The number of imide groups is 1. The molecule has 0 saturated heterocycles. The minimum atomic E-state index is -0.303. The lowest BCUT2D eigenvalue weighted by molar-refractivity contribution is 0.0693. The number of benzene rings is 2. The molecule has 0 fully saturated rings. The van der Waals surface area contributed by atoms with E-state index in [1.54, 1.807) is 36.4 Å². The fourth-order valence-electron chi connectivity index (χ4n) is 2.24. The Morgan fingerprint density at radius 1 is 1.05 bits per heavy atom. The highest BCUT2D eigenvalue weighted by Gasteiger charge is 2.32. The van der Waals surface area contributed by atoms with Gasteiger partial charge in [-0.15, -0.1) is 0 Å². The van der Waals surface area contributed by atoms with Crippen LogP contribution >= 0.6 is 11.6 Å². The largest absolute Gasteiger partial charge is 0.397 e. The normalized spacial score (nSPS) is 13.5. The lowest BCUT2D eigenvalue weighted by atomic mass is 10.1. The number of rotatable bonds is 2. The number of amides is 2. The monoisotopic (exact) mass is 301 g/mol. The molecule has 3 N–H and O–H groups in total. The molecule has 1 aliphatic rings. The third-order valence-electron chi connectivity index (χ3n) is 3.38. The van der Waals surface area contributed by atoms with Gasteiger partial charge >= 0.3 is 0 Å². The molecular formula is C15H12ClN3O2. The van der Waals surface area contributed by atoms with Gasteiger partial charge in [-0.05, 0) is 36.4 Å². The van der Waals surface area contributed by atoms with Crippen molar-refractivity contribution in [1.29, 1.82) is 0 Å². The van der Waals surface area contributed by atoms with E-state index in [9.17, 15) is 9.59 Å². The Bertz CT molecular complexity index is 774. The number of hydrogen-bond donors (Lipinski definition) is 2. The van der Waals surface area contributed by atoms with Crippen molar-refractivity contribution in [1.82, 2.24) is 4.90 Å². The first-order valence-corrected chi connectivity index (χ1v) is 6.63. The molecule has 0 unspecified atom stereocenters. The van der Waals surface area contributed by atoms with Gasteiger partial charge in [0.25, 0.3) is 11.8 Å². The summed E-state index contributed by atoms with van der Waals surface area (Å²) < 4.78 is 0. The van der Waals surface area contributed by atoms with Crippen molar-refractivity contribution >= 4 is 40.5 Å². The summed E-state index contributed by atoms with van der Waals surface area (Å²) in [6.45, 7) is 0. The van der Waals surface area contributed by atoms with Crippen LogP contribution in [-0.2, 0) is 0 Å². The highest BCUT2D eigenvalue weighted by molar-refractivity contribution is 6.31. The summed E-state index contributed by atoms with van der Waals surface area (Å²) in [4.78, 5) is 24.9. The van der Waals surface area contributed by atoms with Crippen LogP contribution < -0.4 is 11.1 Å². The summed E-state index contributed by atoms with van der Waals surface area (Å²) in [6, 6.07) is 10.1. The van der Waals surface area contributed by atoms with Crippen LogP contribution in [0.15, 0.2) is 36.4 Å². The van der Waals surface area contributed by atoms with Crippen LogP contribution in [0.1, 0.15) is 20.7 Å². The van der Waals surface area contributed by atoms with Crippen molar-refractivity contribution in [2.75, 3.05) is 18.1 Å². The molecule has 6 heteroatoms. The van der Waals surface area contributed by atoms with Crippen molar-refractivity contribution in [2.24, 2.45) is 0 Å². The van der Waals surface area contributed by atoms with E-state index < -0.39 is 0 Å². The number of hydrogen-bond acceptors (Lipinski definition) is 4. The molecule has 106 valence electrons. The van der Waals surface area contributed by atoms with E-state index >= 15 is 0 Å². The maximum Gasteiger partial charge on any atom is 0.261 e. The second-order valence-corrected chi connectivity index (χ2v) is 5.22. The van der Waals surface area contributed by atoms with E-state index in [1.807, 2.05) is 0 Å². The Morgan fingerprint density at radius 3 is 2.48 bits per heavy atom. The summed E-state index contributed by atoms with van der Waals surface area (Å²) in [5.41, 5.74) is 8.55. The lowest BCUT2D eigenvalue weighted by Gasteiger charge is -2.10. The van der Waals surface area contributed by atoms with Crippen molar-refractivity contribution in [3.8, 4) is 0 Å². The van der Waals surface area contributed by atoms with E-state index in [4.69, 9.17) is 17.3 Å². The van der Waals surface area contributed by atoms with Crippen molar-refractivity contribution in [2.45, 2.75) is 0 Å². The first kappa shape index (κ1) is 13.5. The molecule has 0 bridgehead atoms. The number of carbonyl (C=O) groups is 2. The van der Waals surface area contributed by atoms with E-state index in [2.05, 4.69) is 5.32 Å². The number of nitrogen functional groups attached to an aromatic ring is 1. The standard InChI is InChI=1S/C15H12ClN3O2/c1-19-14(20)10-4-3-9(7-11(10)15(19)21)18-13-5-2-8(16)6-12(13)17/h2-7,18H,17H2,1H3. The zero-order valence-corrected chi connectivity index (χ0v) is 11.9. The van der Waals surface area contributed by atoms with E-state index in [-0.39, 0.29) is 11.8 Å². The second kappa shape index (κ2) is 4.79. The van der Waals surface area contributed by atoms with Crippen LogP contribution in [-0.4, -0.2) is 23.8 Å². The number of nitrogens with zero attached hydrogens (tertiary/aromatic N) is 1. The van der Waals surface area contributed by atoms with Crippen molar-refractivity contribution < 1.29 is 9.59 Å². The predicted molar refractivity (Wildman–Crippen MR) is 82.0 cm³/mol. The molecule has 2 aromatic carbocycles. The minimum Gasteiger partial charge on any atom is -0.397 e. The van der Waals surface area contributed by atoms with E-state index in [0.717, 1.165) is 4.90 Å². The van der Waals surface area contributed by atoms with E-state index in [0.29, 0.717) is 33.2 Å². The number of anilines is 3. The summed E-state index contributed by atoms with van der Waals surface area (Å²) in [7, 11) is 1.47. The zero-order chi connectivity index (χ0) is 15.1. The molecule has 0 spiro atoms. The molecule has 2 aromatic rings. The van der Waals surface area contributed by atoms with Crippen LogP contribution in [0.3, 0.4) is 0 Å². The van der Waals surface area contributed by atoms with Gasteiger partial charge in [-0.3, -0.25) is 14.5 Å². The number of nitrogens with two attached hydrogens (primary N) is 1. The molecule has 0 atom stereocenters. The molecule has 1 heterocycles. The Balaban J connectivity index is 1.95. The van der Waals surface area contributed by atoms with E-state index in [1.165, 1.54) is 7.05 Å². The van der Waals surface area contributed by atoms with Crippen LogP contribution in [0.25, 0.3) is 0 Å². The Morgan fingerprint density at radius 2 is 1.76 bits per heavy atom. The van der Waals surface area contributed by atoms with Crippen LogP contribution in [0.5, 0.6) is 0 Å². The average Bonchev–Trinajstić information content (AvgIpc) is 2.67. The molecule has 21 heavy (non-hydrogen) atoms. The van der Waals surface area contributed by atoms with Crippen LogP contribution in [0, 0.1) is 0 Å². The number of carbonyl (C=O) groups excluding carboxylic acids is 2. The average molecular weight is 302 g/mol. The maximum atomic E-state index is 12.0. The van der Waals surface area contributed by atoms with Crippen LogP contribution in [0.2, 0.25) is 5.02 Å². The van der Waals surface area contributed by atoms with Gasteiger partial charge in [0.05, 0.1) is 22.5 Å². The smallest absolute Gasteiger partial charge is 0.261 e. The van der Waals surface area contributed by atoms with Crippen molar-refractivity contribution in [3.05, 3.63) is 52.5 Å². The van der Waals surface area contributed by atoms with Crippen LogP contribution in [0.4, 0.5) is 17.1 Å². The second-order valence-electron chi connectivity index (χ2n) is 4.79. The van der Waals surface area contributed by atoms with Gasteiger partial charge in [0.15, 0.2) is 0 Å². The molecule has 0 radical (unpaired) electrons. The topological polar surface area (TPSA) is 75.4 Å². The fraction of sp³-hybridized carbons (Fsp3) is 0.0667. The van der Waals surface area contributed by atoms with Gasteiger partial charge in [0.2, 0.25) is 0 Å². The molecule has 0 saturated carbocycles. The van der Waals surface area contributed by atoms with Crippen molar-refractivity contribution in [3.63, 3.8) is 0 Å². The molecular weight excluding hydrogens is 290 g/mol. The number of fused-ring (bicyclic) bond motifs is 1. The molecule has 1 aliphatic heterocycles. The Hall–Kier alpha value is -2.53. The van der Waals surface area contributed by atoms with Gasteiger partial charge in [-0.1, -0.05) is 11.6 Å². The lowest BCUT2D eigenvalue weighted by Crippen LogP contribution is -2.24. The fourth-order valence-corrected chi connectivity index (χ4v) is 2.42. The first-order chi connectivity index (χ1) is 9.97. The number of nitrogens with one attached hydrogen (secondary N) is 1. The Kier molecular flexibility index (Phi) is 3.07. The quantitative estimate of drug-likeness (QED) is 0.660. The maximum absolute atomic E-state index is 12.0. The predicted octanol–water partition coefficient (Wildman–Crippen LogP) is 2.89. The van der Waals surface area contributed by atoms with Gasteiger partial charge in [0, 0.05) is 17.8 Å². The molecule has 0 aromatic heterocycles. The molecule has 3 rings (SSSR count). The SMILES string of the molecule is CN1C(=O)c2ccc(Nc3ccc(Cl)cc3N)cc2C1=O. The molecule has 0 aliphatic carbocycles. The molecule has 5 nitrogen and oxygen atoms in total. The molecule has 2 amide bonds. The minimum absolute atomic E-state index is 0.285. The summed E-state index contributed by atoms with van der Waals surface area (Å²) in [6.07, 6.45) is 0. The summed E-state index contributed by atoms with van der Waals surface area (Å²) in [5, 5.41) is 3.66. The van der Waals surface area contributed by atoms with Gasteiger partial charge < -0.3 is 11.1 Å². The third kappa shape index (κ3) is 2.21. The third-order valence-corrected chi connectivity index (χ3v) is 3.62. The van der Waals surface area contributed by atoms with Gasteiger partial charge in [-0.25, -0.2) is 0 Å². The zero-order valence-electron chi connectivity index (χ0n) is 11.2. The highest BCUT2D eigenvalue weighted by Crippen LogP contribution is 2.29. The van der Waals surface area contributed by atoms with Gasteiger partial charge in [-0.2, -0.15) is 0 Å². The summed E-state index contributed by atoms with van der Waals surface area (Å²) in [5.74, 6) is -0.588. The summed E-state index contributed by atoms with van der Waals surface area (Å²) >= 11 is 5.85. The Labute approximate surface area is 126 Å². The van der Waals surface area contributed by atoms with Gasteiger partial charge in [0.1, 0.15) is 0 Å². The first-order valence-electron chi connectivity index (χ1n) is 6.26. The highest BCUT2D eigenvalue weighted by atomic mass is 35.5.